The maximum atomic E-state index is 4.81. The molecule has 0 saturated carbocycles. The van der Waals surface area contributed by atoms with Crippen LogP contribution >= 0.6 is 12.6 Å². The fourth-order valence-electron chi connectivity index (χ4n) is 2.83. The Morgan fingerprint density at radius 2 is 1.74 bits per heavy atom. The van der Waals surface area contributed by atoms with Gasteiger partial charge in [0.15, 0.2) is 0 Å². The van der Waals surface area contributed by atoms with E-state index in [-0.39, 0.29) is 0 Å². The Hall–Kier alpha value is -1.73. The van der Waals surface area contributed by atoms with E-state index in [0.29, 0.717) is 0 Å². The number of hydrogen-bond acceptors (Lipinski definition) is 1. The molecule has 0 amide bonds. The minimum Gasteiger partial charge on any atom is -0.142 e. The third kappa shape index (κ3) is 4.17. The first-order valence-corrected chi connectivity index (χ1v) is 8.67. The van der Waals surface area contributed by atoms with Gasteiger partial charge in [-0.25, -0.2) is 0 Å². The van der Waals surface area contributed by atoms with Crippen LogP contribution in [-0.4, -0.2) is 0 Å². The van der Waals surface area contributed by atoms with E-state index in [1.54, 1.807) is 0 Å². The number of allylic oxidation sites excluding steroid dienone is 5. The molecule has 0 aliphatic heterocycles. The Kier molecular flexibility index (Phi) is 7.91. The molecule has 1 aromatic carbocycles. The van der Waals surface area contributed by atoms with E-state index in [4.69, 9.17) is 12.6 Å². The third-order valence-corrected chi connectivity index (χ3v) is 4.28. The summed E-state index contributed by atoms with van der Waals surface area (Å²) >= 11 is 4.81. The summed E-state index contributed by atoms with van der Waals surface area (Å²) in [5.74, 6) is 0. The predicted molar refractivity (Wildman–Crippen MR) is 111 cm³/mol. The van der Waals surface area contributed by atoms with E-state index in [2.05, 4.69) is 57.4 Å². The van der Waals surface area contributed by atoms with Crippen LogP contribution in [0.2, 0.25) is 0 Å². The van der Waals surface area contributed by atoms with Gasteiger partial charge in [0, 0.05) is 4.90 Å². The van der Waals surface area contributed by atoms with Crippen LogP contribution < -0.4 is 0 Å². The Morgan fingerprint density at radius 1 is 1.04 bits per heavy atom. The molecule has 0 N–H and O–H groups in total. The van der Waals surface area contributed by atoms with Crippen LogP contribution in [0.1, 0.15) is 61.9 Å². The van der Waals surface area contributed by atoms with Crippen molar-refractivity contribution in [1.29, 1.82) is 0 Å². The molecular weight excluding hydrogens is 296 g/mol. The molecule has 0 spiro atoms. The molecule has 0 aromatic heterocycles. The second-order valence-electron chi connectivity index (χ2n) is 5.34. The molecule has 0 aliphatic carbocycles. The summed E-state index contributed by atoms with van der Waals surface area (Å²) in [6.45, 7) is 16.7. The highest BCUT2D eigenvalue weighted by Gasteiger charge is 2.18. The van der Waals surface area contributed by atoms with E-state index >= 15 is 0 Å². The average Bonchev–Trinajstić information content (AvgIpc) is 2.54. The molecule has 1 rings (SSSR count). The minimum absolute atomic E-state index is 0.935. The fourth-order valence-corrected chi connectivity index (χ4v) is 3.25. The highest BCUT2D eigenvalue weighted by Crippen LogP contribution is 2.37. The normalized spacial score (nSPS) is 11.9. The van der Waals surface area contributed by atoms with Crippen molar-refractivity contribution in [3.63, 3.8) is 0 Å². The van der Waals surface area contributed by atoms with Crippen molar-refractivity contribution in [3.05, 3.63) is 65.3 Å². The lowest BCUT2D eigenvalue weighted by Crippen LogP contribution is -2.03. The van der Waals surface area contributed by atoms with Crippen LogP contribution in [0.4, 0.5) is 0 Å². The van der Waals surface area contributed by atoms with Gasteiger partial charge in [-0.1, -0.05) is 69.5 Å². The molecule has 0 atom stereocenters. The van der Waals surface area contributed by atoms with E-state index in [9.17, 15) is 0 Å². The predicted octanol–water partition coefficient (Wildman–Crippen LogP) is 7.23. The van der Waals surface area contributed by atoms with Crippen molar-refractivity contribution in [2.24, 2.45) is 0 Å². The third-order valence-electron chi connectivity index (χ3n) is 3.80. The summed E-state index contributed by atoms with van der Waals surface area (Å²) in [6.07, 6.45) is 16.5. The number of rotatable bonds is 7. The molecule has 0 unspecified atom stereocenters. The summed E-state index contributed by atoms with van der Waals surface area (Å²) in [5.41, 5.74) is 6.93. The van der Waals surface area contributed by atoms with Crippen LogP contribution in [0.5, 0.6) is 0 Å². The van der Waals surface area contributed by atoms with Crippen LogP contribution in [0.3, 0.4) is 0 Å². The minimum atomic E-state index is 0.935. The highest BCUT2D eigenvalue weighted by atomic mass is 32.1. The molecular formula is C22H28S. The smallest absolute Gasteiger partial charge is 0.0194 e. The van der Waals surface area contributed by atoms with E-state index < -0.39 is 0 Å². The summed E-state index contributed by atoms with van der Waals surface area (Å²) in [6, 6.07) is 0. The second-order valence-corrected chi connectivity index (χ2v) is 5.78. The topological polar surface area (TPSA) is 0 Å². The molecule has 1 heteroatoms. The first-order chi connectivity index (χ1) is 11.1. The van der Waals surface area contributed by atoms with Crippen molar-refractivity contribution in [1.82, 2.24) is 0 Å². The van der Waals surface area contributed by atoms with E-state index in [1.807, 2.05) is 26.0 Å². The van der Waals surface area contributed by atoms with Gasteiger partial charge in [0.2, 0.25) is 0 Å². The summed E-state index contributed by atoms with van der Waals surface area (Å²) in [4.78, 5) is 0.992. The van der Waals surface area contributed by atoms with Crippen molar-refractivity contribution in [2.75, 3.05) is 0 Å². The second kappa shape index (κ2) is 9.42. The zero-order valence-electron chi connectivity index (χ0n) is 14.8. The molecule has 0 radical (unpaired) electrons. The maximum Gasteiger partial charge on any atom is 0.0194 e. The largest absolute Gasteiger partial charge is 0.142 e. The average molecular weight is 325 g/mol. The van der Waals surface area contributed by atoms with Gasteiger partial charge >= 0.3 is 0 Å². The standard InChI is InChI=1S/C22H28S/c1-7-12-15-20-17(10-4)21(16(6)13-8-2)19(14-9-3)18(11-5)22(20)23/h8-9,11-15,23H,5-7,10H2,1-4H3/b13-8-,14-9-,15-12-. The van der Waals surface area contributed by atoms with Gasteiger partial charge in [0.05, 0.1) is 0 Å². The molecule has 0 fully saturated rings. The molecule has 0 bridgehead atoms. The molecule has 23 heavy (non-hydrogen) atoms. The van der Waals surface area contributed by atoms with Gasteiger partial charge in [-0.2, -0.15) is 0 Å². The number of benzene rings is 1. The molecule has 1 aromatic rings. The lowest BCUT2D eigenvalue weighted by atomic mass is 9.85. The van der Waals surface area contributed by atoms with Gasteiger partial charge in [-0.15, -0.1) is 12.6 Å². The Balaban J connectivity index is 3.97. The quantitative estimate of drug-likeness (QED) is 0.397. The van der Waals surface area contributed by atoms with Crippen LogP contribution in [0.15, 0.2) is 42.4 Å². The van der Waals surface area contributed by atoms with Gasteiger partial charge in [-0.05, 0) is 60.1 Å². The van der Waals surface area contributed by atoms with E-state index in [1.165, 1.54) is 16.7 Å². The summed E-state index contributed by atoms with van der Waals surface area (Å²) in [5, 5.41) is 0. The first kappa shape index (κ1) is 19.3. The van der Waals surface area contributed by atoms with Crippen LogP contribution in [0, 0.1) is 0 Å². The van der Waals surface area contributed by atoms with Crippen molar-refractivity contribution in [2.45, 2.75) is 45.4 Å². The zero-order chi connectivity index (χ0) is 17.4. The van der Waals surface area contributed by atoms with E-state index in [0.717, 1.165) is 34.4 Å². The summed E-state index contributed by atoms with van der Waals surface area (Å²) < 4.78 is 0. The molecule has 0 nitrogen and oxygen atoms in total. The lowest BCUT2D eigenvalue weighted by Gasteiger charge is -2.21. The summed E-state index contributed by atoms with van der Waals surface area (Å²) in [7, 11) is 0. The lowest BCUT2D eigenvalue weighted by molar-refractivity contribution is 1.09. The number of hydrogen-bond donors (Lipinski definition) is 1. The van der Waals surface area contributed by atoms with Gasteiger partial charge in [-0.3, -0.25) is 0 Å². The molecule has 0 saturated heterocycles. The van der Waals surface area contributed by atoms with Crippen molar-refractivity contribution < 1.29 is 0 Å². The van der Waals surface area contributed by atoms with Crippen molar-refractivity contribution >= 4 is 36.4 Å². The van der Waals surface area contributed by atoms with Gasteiger partial charge in [0.25, 0.3) is 0 Å². The maximum absolute atomic E-state index is 4.81. The van der Waals surface area contributed by atoms with Crippen LogP contribution in [0.25, 0.3) is 23.8 Å². The SMILES string of the molecule is C=Cc1c(S)c(/C=C\CC)c(CC)c(C(=C)/C=C\C)c1/C=C\C. The van der Waals surface area contributed by atoms with Crippen LogP contribution in [-0.2, 0) is 6.42 Å². The van der Waals surface area contributed by atoms with Crippen molar-refractivity contribution in [3.8, 4) is 0 Å². The molecule has 0 heterocycles. The highest BCUT2D eigenvalue weighted by molar-refractivity contribution is 7.80. The molecule has 0 aliphatic rings. The van der Waals surface area contributed by atoms with Gasteiger partial charge in [0.1, 0.15) is 0 Å². The monoisotopic (exact) mass is 324 g/mol. The fraction of sp³-hybridized carbons (Fsp3) is 0.273. The zero-order valence-corrected chi connectivity index (χ0v) is 15.7. The Morgan fingerprint density at radius 3 is 2.22 bits per heavy atom. The number of thiol groups is 1. The van der Waals surface area contributed by atoms with Gasteiger partial charge < -0.3 is 0 Å². The first-order valence-electron chi connectivity index (χ1n) is 8.22. The Labute approximate surface area is 147 Å². The molecule has 122 valence electrons. The Bertz CT molecular complexity index is 670.